The van der Waals surface area contributed by atoms with Gasteiger partial charge < -0.3 is 14.6 Å². The van der Waals surface area contributed by atoms with E-state index in [2.05, 4.69) is 49.5 Å². The standard InChI is InChI=1S/C30H44O5/c1-3-5-7-9-11-12-13-14-15-16-17-18-19-21-23-25-30(33)35-27-28(31)26-34-29(32)24-22-20-10-8-6-4-2/h4-7,10-12,14-15,17-18,20-21,23,28,31H,3,8-9,13,16,19,22,24-27H2,1-2H3/b6-4-,7-5-,12-11-,15-14-,18-17-,20-10-,23-21-. The van der Waals surface area contributed by atoms with E-state index in [9.17, 15) is 14.7 Å². The van der Waals surface area contributed by atoms with Crippen LogP contribution in [0.15, 0.2) is 85.1 Å². The summed E-state index contributed by atoms with van der Waals surface area (Å²) in [6.45, 7) is 3.71. The lowest BCUT2D eigenvalue weighted by atomic mass is 10.2. The molecule has 0 radical (unpaired) electrons. The van der Waals surface area contributed by atoms with Crippen molar-refractivity contribution in [1.29, 1.82) is 0 Å². The molecule has 35 heavy (non-hydrogen) atoms. The van der Waals surface area contributed by atoms with Gasteiger partial charge in [-0.15, -0.1) is 0 Å². The monoisotopic (exact) mass is 484 g/mol. The Labute approximate surface area is 212 Å². The third kappa shape index (κ3) is 25.5. The van der Waals surface area contributed by atoms with Crippen molar-refractivity contribution < 1.29 is 24.2 Å². The van der Waals surface area contributed by atoms with Crippen LogP contribution < -0.4 is 0 Å². The molecule has 0 saturated heterocycles. The Hall–Kier alpha value is -2.92. The van der Waals surface area contributed by atoms with Crippen LogP contribution in [0, 0.1) is 0 Å². The normalized spacial score (nSPS) is 13.6. The molecule has 5 heteroatoms. The van der Waals surface area contributed by atoms with Gasteiger partial charge in [-0.2, -0.15) is 0 Å². The van der Waals surface area contributed by atoms with Crippen LogP contribution in [0.2, 0.25) is 0 Å². The molecule has 1 unspecified atom stereocenters. The van der Waals surface area contributed by atoms with Crippen molar-refractivity contribution in [1.82, 2.24) is 0 Å². The molecule has 0 aliphatic carbocycles. The van der Waals surface area contributed by atoms with Gasteiger partial charge in [0.15, 0.2) is 0 Å². The van der Waals surface area contributed by atoms with Crippen LogP contribution in [0.25, 0.3) is 0 Å². The Balaban J connectivity index is 3.75. The third-order valence-electron chi connectivity index (χ3n) is 4.51. The molecule has 194 valence electrons. The number of esters is 2. The highest BCUT2D eigenvalue weighted by atomic mass is 16.6. The van der Waals surface area contributed by atoms with Crippen LogP contribution in [0.3, 0.4) is 0 Å². The lowest BCUT2D eigenvalue weighted by Crippen LogP contribution is -2.25. The molecule has 0 saturated carbocycles. The number of carbonyl (C=O) groups is 2. The molecule has 0 aromatic rings. The molecule has 0 aliphatic heterocycles. The molecule has 1 N–H and O–H groups in total. The van der Waals surface area contributed by atoms with E-state index in [0.29, 0.717) is 6.42 Å². The molecule has 0 aromatic heterocycles. The van der Waals surface area contributed by atoms with Crippen LogP contribution in [-0.2, 0) is 19.1 Å². The number of carbonyl (C=O) groups excluding carboxylic acids is 2. The molecule has 0 spiro atoms. The number of hydrogen-bond donors (Lipinski definition) is 1. The molecule has 0 bridgehead atoms. The summed E-state index contributed by atoms with van der Waals surface area (Å²) in [5, 5.41) is 9.80. The van der Waals surface area contributed by atoms with Gasteiger partial charge in [0.2, 0.25) is 0 Å². The Kier molecular flexibility index (Phi) is 23.6. The topological polar surface area (TPSA) is 72.8 Å². The fraction of sp³-hybridized carbons (Fsp3) is 0.467. The second kappa shape index (κ2) is 25.7. The summed E-state index contributed by atoms with van der Waals surface area (Å²) in [6.07, 6.45) is 34.1. The molecule has 0 amide bonds. The minimum Gasteiger partial charge on any atom is -0.463 e. The van der Waals surface area contributed by atoms with Crippen molar-refractivity contribution in [3.05, 3.63) is 85.1 Å². The summed E-state index contributed by atoms with van der Waals surface area (Å²) >= 11 is 0. The lowest BCUT2D eigenvalue weighted by Gasteiger charge is -2.11. The van der Waals surface area contributed by atoms with E-state index < -0.39 is 12.1 Å². The average molecular weight is 485 g/mol. The first-order chi connectivity index (χ1) is 17.1. The van der Waals surface area contributed by atoms with Gasteiger partial charge in [-0.1, -0.05) is 92.0 Å². The van der Waals surface area contributed by atoms with Crippen molar-refractivity contribution in [2.24, 2.45) is 0 Å². The first-order valence-electron chi connectivity index (χ1n) is 12.6. The summed E-state index contributed by atoms with van der Waals surface area (Å²) < 4.78 is 10.00. The van der Waals surface area contributed by atoms with Gasteiger partial charge in [-0.3, -0.25) is 9.59 Å². The molecule has 0 aliphatic rings. The molecule has 0 fully saturated rings. The molecule has 5 nitrogen and oxygen atoms in total. The predicted molar refractivity (Wildman–Crippen MR) is 145 cm³/mol. The van der Waals surface area contributed by atoms with Crippen molar-refractivity contribution in [3.63, 3.8) is 0 Å². The van der Waals surface area contributed by atoms with Crippen molar-refractivity contribution in [2.45, 2.75) is 77.7 Å². The Bertz CT molecular complexity index is 738. The number of allylic oxidation sites excluding steroid dienone is 13. The minimum atomic E-state index is -1.03. The summed E-state index contributed by atoms with van der Waals surface area (Å²) in [5.41, 5.74) is 0. The smallest absolute Gasteiger partial charge is 0.309 e. The second-order valence-electron chi connectivity index (χ2n) is 7.75. The Morgan fingerprint density at radius 3 is 1.66 bits per heavy atom. The van der Waals surface area contributed by atoms with Gasteiger partial charge >= 0.3 is 11.9 Å². The van der Waals surface area contributed by atoms with Gasteiger partial charge in [-0.05, 0) is 51.9 Å². The van der Waals surface area contributed by atoms with E-state index in [1.807, 2.05) is 43.4 Å². The number of rotatable bonds is 20. The molecule has 0 heterocycles. The first kappa shape index (κ1) is 32.1. The van der Waals surface area contributed by atoms with Crippen LogP contribution in [0.4, 0.5) is 0 Å². The average Bonchev–Trinajstić information content (AvgIpc) is 2.85. The second-order valence-corrected chi connectivity index (χ2v) is 7.75. The number of hydrogen-bond acceptors (Lipinski definition) is 5. The van der Waals surface area contributed by atoms with Gasteiger partial charge in [0, 0.05) is 6.42 Å². The predicted octanol–water partition coefficient (Wildman–Crippen LogP) is 6.88. The van der Waals surface area contributed by atoms with Crippen molar-refractivity contribution >= 4 is 11.9 Å². The summed E-state index contributed by atoms with van der Waals surface area (Å²) in [5.74, 6) is -0.812. The minimum absolute atomic E-state index is 0.138. The van der Waals surface area contributed by atoms with Crippen LogP contribution in [0.5, 0.6) is 0 Å². The zero-order chi connectivity index (χ0) is 25.8. The number of ether oxygens (including phenoxy) is 2. The van der Waals surface area contributed by atoms with Crippen LogP contribution in [-0.4, -0.2) is 36.4 Å². The highest BCUT2D eigenvalue weighted by Crippen LogP contribution is 2.00. The first-order valence-corrected chi connectivity index (χ1v) is 12.6. The lowest BCUT2D eigenvalue weighted by molar-refractivity contribution is -0.151. The largest absolute Gasteiger partial charge is 0.463 e. The zero-order valence-corrected chi connectivity index (χ0v) is 21.5. The maximum absolute atomic E-state index is 11.7. The van der Waals surface area contributed by atoms with Gasteiger partial charge in [-0.25, -0.2) is 0 Å². The van der Waals surface area contributed by atoms with E-state index in [-0.39, 0.29) is 32.0 Å². The summed E-state index contributed by atoms with van der Waals surface area (Å²) in [7, 11) is 0. The number of aliphatic hydroxyl groups is 1. The number of aliphatic hydroxyl groups excluding tert-OH is 1. The quantitative estimate of drug-likeness (QED) is 0.151. The maximum atomic E-state index is 11.7. The summed E-state index contributed by atoms with van der Waals surface area (Å²) in [4.78, 5) is 23.4. The Morgan fingerprint density at radius 1 is 0.657 bits per heavy atom. The Morgan fingerprint density at radius 2 is 1.11 bits per heavy atom. The van der Waals surface area contributed by atoms with E-state index in [0.717, 1.165) is 38.5 Å². The van der Waals surface area contributed by atoms with Crippen LogP contribution >= 0.6 is 0 Å². The SMILES string of the molecule is C/C=C\C/C=C\CCC(=O)OCC(O)COC(=O)C/C=C\C/C=C\C/C=C\C/C=C\C/C=C\CC. The molecule has 0 aromatic carbocycles. The summed E-state index contributed by atoms with van der Waals surface area (Å²) in [6, 6.07) is 0. The molecular formula is C30H44O5. The van der Waals surface area contributed by atoms with Gasteiger partial charge in [0.05, 0.1) is 6.42 Å². The van der Waals surface area contributed by atoms with Crippen molar-refractivity contribution in [3.8, 4) is 0 Å². The van der Waals surface area contributed by atoms with E-state index in [1.165, 1.54) is 0 Å². The fourth-order valence-electron chi connectivity index (χ4n) is 2.62. The zero-order valence-electron chi connectivity index (χ0n) is 21.5. The maximum Gasteiger partial charge on any atom is 0.309 e. The van der Waals surface area contributed by atoms with E-state index >= 15 is 0 Å². The van der Waals surface area contributed by atoms with Gasteiger partial charge in [0.25, 0.3) is 0 Å². The highest BCUT2D eigenvalue weighted by Gasteiger charge is 2.11. The molecule has 1 atom stereocenters. The molecular weight excluding hydrogens is 440 g/mol. The van der Waals surface area contributed by atoms with E-state index in [1.54, 1.807) is 6.08 Å². The van der Waals surface area contributed by atoms with Crippen molar-refractivity contribution in [2.75, 3.05) is 13.2 Å². The fourth-order valence-corrected chi connectivity index (χ4v) is 2.62. The van der Waals surface area contributed by atoms with Crippen LogP contribution in [0.1, 0.15) is 71.6 Å². The van der Waals surface area contributed by atoms with E-state index in [4.69, 9.17) is 9.47 Å². The third-order valence-corrected chi connectivity index (χ3v) is 4.51. The van der Waals surface area contributed by atoms with Gasteiger partial charge in [0.1, 0.15) is 19.3 Å². The molecule has 0 rings (SSSR count). The highest BCUT2D eigenvalue weighted by molar-refractivity contribution is 5.71.